The zero-order valence-corrected chi connectivity index (χ0v) is 13.7. The summed E-state index contributed by atoms with van der Waals surface area (Å²) in [4.78, 5) is 4.86. The van der Waals surface area contributed by atoms with Crippen LogP contribution in [0.3, 0.4) is 0 Å². The first-order chi connectivity index (χ1) is 10.9. The van der Waals surface area contributed by atoms with Crippen LogP contribution in [-0.2, 0) is 0 Å². The van der Waals surface area contributed by atoms with E-state index in [-0.39, 0.29) is 12.2 Å². The van der Waals surface area contributed by atoms with Gasteiger partial charge in [-0.1, -0.05) is 42.5 Å². The Bertz CT molecular complexity index is 755. The van der Waals surface area contributed by atoms with E-state index in [0.29, 0.717) is 6.04 Å². The Balaban J connectivity index is 1.85. The van der Waals surface area contributed by atoms with E-state index >= 15 is 0 Å². The Hall–Kier alpha value is -1.80. The summed E-state index contributed by atoms with van der Waals surface area (Å²) in [6, 6.07) is 17.0. The molecular weight excluding hydrogens is 268 g/mol. The van der Waals surface area contributed by atoms with Gasteiger partial charge in [-0.3, -0.25) is 4.90 Å². The first-order valence-electron chi connectivity index (χ1n) is 8.66. The molecule has 114 valence electrons. The summed E-state index contributed by atoms with van der Waals surface area (Å²) in [6.45, 7) is 8.75. The summed E-state index contributed by atoms with van der Waals surface area (Å²) in [5.74, 6) is 0. The molecule has 2 aromatic carbocycles. The van der Waals surface area contributed by atoms with E-state index < -0.39 is 6.02 Å². The summed E-state index contributed by atoms with van der Waals surface area (Å²) in [5, 5.41) is 0. The molecule has 2 aliphatic heterocycles. The highest BCUT2D eigenvalue weighted by Crippen LogP contribution is 2.52. The summed E-state index contributed by atoms with van der Waals surface area (Å²) in [6.07, 6.45) is 0.200. The second-order valence-electron chi connectivity index (χ2n) is 6.59. The highest BCUT2D eigenvalue weighted by Gasteiger charge is 2.50. The van der Waals surface area contributed by atoms with E-state index in [4.69, 9.17) is 1.37 Å². The summed E-state index contributed by atoms with van der Waals surface area (Å²) in [5.41, 5.74) is 5.07. The Kier molecular flexibility index (Phi) is 2.80. The van der Waals surface area contributed by atoms with Gasteiger partial charge >= 0.3 is 0 Å². The first-order valence-corrected chi connectivity index (χ1v) is 8.16. The molecule has 0 aliphatic carbocycles. The summed E-state index contributed by atoms with van der Waals surface area (Å²) < 4.78 is 9.02. The topological polar surface area (TPSA) is 6.48 Å². The van der Waals surface area contributed by atoms with E-state index in [1.54, 1.807) is 0 Å². The Morgan fingerprint density at radius 1 is 0.909 bits per heavy atom. The van der Waals surface area contributed by atoms with Gasteiger partial charge in [0.1, 0.15) is 0 Å². The average molecular weight is 293 g/mol. The molecule has 0 N–H and O–H groups in total. The molecule has 4 atom stereocenters. The third-order valence-electron chi connectivity index (χ3n) is 5.45. The Morgan fingerprint density at radius 3 is 2.27 bits per heavy atom. The molecule has 0 radical (unpaired) electrons. The standard InChI is InChI=1S/C20H24N2/c1-13-9-5-8-12-19(13)21-15(3)20-18-11-7-6-10-17(18)14(2)22(20)16(21)4/h5-12,14-16,20H,1-4H3/t14?,15-,16?,20?/m0/s1/i14D. The Labute approximate surface area is 134 Å². The molecule has 0 amide bonds. The van der Waals surface area contributed by atoms with E-state index in [1.807, 2.05) is 6.92 Å². The van der Waals surface area contributed by atoms with E-state index in [9.17, 15) is 0 Å². The number of fused-ring (bicyclic) bond motifs is 3. The highest BCUT2D eigenvalue weighted by atomic mass is 15.5. The lowest BCUT2D eigenvalue weighted by Gasteiger charge is -2.33. The lowest BCUT2D eigenvalue weighted by atomic mass is 9.98. The average Bonchev–Trinajstić information content (AvgIpc) is 2.93. The minimum absolute atomic E-state index is 0.200. The predicted molar refractivity (Wildman–Crippen MR) is 92.0 cm³/mol. The van der Waals surface area contributed by atoms with Gasteiger partial charge in [-0.25, -0.2) is 0 Å². The van der Waals surface area contributed by atoms with Crippen LogP contribution in [-0.4, -0.2) is 17.1 Å². The van der Waals surface area contributed by atoms with Crippen molar-refractivity contribution in [3.8, 4) is 0 Å². The molecule has 2 aliphatic rings. The lowest BCUT2D eigenvalue weighted by Crippen LogP contribution is -2.38. The van der Waals surface area contributed by atoms with Gasteiger partial charge in [-0.15, -0.1) is 0 Å². The van der Waals surface area contributed by atoms with Gasteiger partial charge in [-0.05, 0) is 50.5 Å². The second kappa shape index (κ2) is 4.85. The fourth-order valence-electron chi connectivity index (χ4n) is 4.49. The largest absolute Gasteiger partial charge is 0.351 e. The number of nitrogens with zero attached hydrogens (tertiary/aromatic N) is 2. The SMILES string of the molecule is [2H]C1(C)c2ccccc2C2[C@H](C)N(c3ccccc3C)C(C)N21. The van der Waals surface area contributed by atoms with Crippen molar-refractivity contribution in [1.29, 1.82) is 0 Å². The monoisotopic (exact) mass is 293 g/mol. The highest BCUT2D eigenvalue weighted by molar-refractivity contribution is 5.57. The van der Waals surface area contributed by atoms with Crippen molar-refractivity contribution in [2.45, 2.75) is 52.0 Å². The van der Waals surface area contributed by atoms with Crippen molar-refractivity contribution in [1.82, 2.24) is 4.90 Å². The van der Waals surface area contributed by atoms with Crippen LogP contribution in [0.4, 0.5) is 5.69 Å². The minimum Gasteiger partial charge on any atom is -0.351 e. The first kappa shape index (κ1) is 12.7. The zero-order chi connectivity index (χ0) is 16.4. The molecule has 2 heterocycles. The van der Waals surface area contributed by atoms with Gasteiger partial charge in [0.05, 0.1) is 13.6 Å². The summed E-state index contributed by atoms with van der Waals surface area (Å²) >= 11 is 0. The van der Waals surface area contributed by atoms with E-state index in [0.717, 1.165) is 5.56 Å². The van der Waals surface area contributed by atoms with Crippen molar-refractivity contribution < 1.29 is 1.37 Å². The third kappa shape index (κ3) is 1.70. The van der Waals surface area contributed by atoms with Crippen LogP contribution in [0.5, 0.6) is 0 Å². The van der Waals surface area contributed by atoms with Crippen molar-refractivity contribution in [2.24, 2.45) is 0 Å². The number of hydrogen-bond acceptors (Lipinski definition) is 2. The van der Waals surface area contributed by atoms with Crippen LogP contribution < -0.4 is 4.90 Å². The third-order valence-corrected chi connectivity index (χ3v) is 5.45. The van der Waals surface area contributed by atoms with Gasteiger partial charge in [0.25, 0.3) is 0 Å². The van der Waals surface area contributed by atoms with Crippen LogP contribution in [0, 0.1) is 6.92 Å². The molecule has 22 heavy (non-hydrogen) atoms. The molecule has 1 saturated heterocycles. The van der Waals surface area contributed by atoms with Gasteiger partial charge in [-0.2, -0.15) is 0 Å². The van der Waals surface area contributed by atoms with Gasteiger partial charge in [0.2, 0.25) is 0 Å². The van der Waals surface area contributed by atoms with Gasteiger partial charge in [0, 0.05) is 17.7 Å². The van der Waals surface area contributed by atoms with Gasteiger partial charge in [0.15, 0.2) is 0 Å². The van der Waals surface area contributed by atoms with Crippen LogP contribution in [0.2, 0.25) is 0 Å². The number of rotatable bonds is 1. The van der Waals surface area contributed by atoms with Crippen LogP contribution in [0.1, 0.15) is 50.9 Å². The van der Waals surface area contributed by atoms with Crippen LogP contribution in [0.25, 0.3) is 0 Å². The molecule has 2 heteroatoms. The molecule has 3 unspecified atom stereocenters. The molecule has 0 bridgehead atoms. The molecule has 4 rings (SSSR count). The smallest absolute Gasteiger partial charge is 0.0806 e. The van der Waals surface area contributed by atoms with Crippen LogP contribution in [0.15, 0.2) is 48.5 Å². The second-order valence-corrected chi connectivity index (χ2v) is 6.59. The van der Waals surface area contributed by atoms with Crippen molar-refractivity contribution in [2.75, 3.05) is 4.90 Å². The zero-order valence-electron chi connectivity index (χ0n) is 14.7. The Morgan fingerprint density at radius 2 is 1.55 bits per heavy atom. The number of hydrogen-bond donors (Lipinski definition) is 0. The molecule has 0 saturated carbocycles. The maximum absolute atomic E-state index is 9.02. The molecule has 1 fully saturated rings. The lowest BCUT2D eigenvalue weighted by molar-refractivity contribution is 0.172. The minimum atomic E-state index is -0.674. The normalized spacial score (nSPS) is 34.5. The number of anilines is 1. The fourth-order valence-corrected chi connectivity index (χ4v) is 4.49. The maximum Gasteiger partial charge on any atom is 0.0806 e. The number of benzene rings is 2. The van der Waals surface area contributed by atoms with E-state index in [2.05, 4.69) is 79.1 Å². The quantitative estimate of drug-likeness (QED) is 0.754. The maximum atomic E-state index is 9.02. The van der Waals surface area contributed by atoms with Gasteiger partial charge < -0.3 is 4.90 Å². The number of para-hydroxylation sites is 1. The molecular formula is C20H24N2. The van der Waals surface area contributed by atoms with Crippen molar-refractivity contribution in [3.63, 3.8) is 0 Å². The van der Waals surface area contributed by atoms with E-state index in [1.165, 1.54) is 16.8 Å². The molecule has 0 aromatic heterocycles. The van der Waals surface area contributed by atoms with Crippen molar-refractivity contribution >= 4 is 5.69 Å². The summed E-state index contributed by atoms with van der Waals surface area (Å²) in [7, 11) is 0. The fraction of sp³-hybridized carbons (Fsp3) is 0.400. The molecule has 2 aromatic rings. The predicted octanol–water partition coefficient (Wildman–Crippen LogP) is 4.67. The molecule has 2 nitrogen and oxygen atoms in total. The molecule has 0 spiro atoms. The number of aryl methyl sites for hydroxylation is 1. The van der Waals surface area contributed by atoms with Crippen molar-refractivity contribution in [3.05, 3.63) is 65.2 Å². The van der Waals surface area contributed by atoms with Crippen LogP contribution >= 0.6 is 0 Å².